The number of para-hydroxylation sites is 5. The molecule has 0 aromatic heterocycles. The number of ether oxygens (including phenoxy) is 2. The van der Waals surface area contributed by atoms with Crippen LogP contribution in [0.25, 0.3) is 0 Å². The monoisotopic (exact) mass is 703 g/mol. The summed E-state index contributed by atoms with van der Waals surface area (Å²) in [6, 6.07) is 69.2. The van der Waals surface area contributed by atoms with Gasteiger partial charge in [0.1, 0.15) is 11.5 Å². The van der Waals surface area contributed by atoms with Crippen LogP contribution >= 0.6 is 0 Å². The van der Waals surface area contributed by atoms with Gasteiger partial charge in [-0.3, -0.25) is 0 Å². The van der Waals surface area contributed by atoms with E-state index in [2.05, 4.69) is 169 Å². The fourth-order valence-electron chi connectivity index (χ4n) is 10.1. The molecule has 0 amide bonds. The summed E-state index contributed by atoms with van der Waals surface area (Å²) in [6.07, 6.45) is 0. The lowest BCUT2D eigenvalue weighted by molar-refractivity contribution is 0.477. The molecule has 8 aromatic carbocycles. The van der Waals surface area contributed by atoms with Crippen molar-refractivity contribution in [3.63, 3.8) is 0 Å². The minimum atomic E-state index is -2.82. The molecule has 0 atom stereocenters. The van der Waals surface area contributed by atoms with Crippen LogP contribution in [-0.4, -0.2) is 21.5 Å². The summed E-state index contributed by atoms with van der Waals surface area (Å²) in [4.78, 5) is 2.32. The van der Waals surface area contributed by atoms with E-state index in [1.54, 1.807) is 0 Å². The zero-order valence-corrected chi connectivity index (χ0v) is 30.3. The quantitative estimate of drug-likeness (QED) is 0.250. The highest BCUT2D eigenvalue weighted by molar-refractivity contribution is 7.31. The summed E-state index contributed by atoms with van der Waals surface area (Å²) >= 11 is 0. The summed E-state index contributed by atoms with van der Waals surface area (Å²) < 4.78 is 13.1. The van der Waals surface area contributed by atoms with Gasteiger partial charge in [-0.05, 0) is 80.2 Å². The van der Waals surface area contributed by atoms with E-state index in [4.69, 9.17) is 9.47 Å². The second-order valence-electron chi connectivity index (χ2n) is 14.7. The zero-order chi connectivity index (χ0) is 35.4. The first-order valence-corrected chi connectivity index (χ1v) is 20.7. The van der Waals surface area contributed by atoms with E-state index >= 15 is 0 Å². The van der Waals surface area contributed by atoms with Gasteiger partial charge < -0.3 is 14.4 Å². The standard InChI is InChI=1S/C48H31B2NO2Si/c1-7-20-40-34(14-1)50-37-17-4-12-26-46(37)54(47-27-13-23-43(52-40)48(47)50)44-24-10-2-15-35(44)49(36-16-3-11-25-45(36)54)32-28-30-33(31-29-32)51-38-18-5-8-21-41(38)53-42-22-9-6-19-39(42)51/h1-31H. The van der Waals surface area contributed by atoms with Crippen LogP contribution in [0.1, 0.15) is 0 Å². The van der Waals surface area contributed by atoms with Crippen molar-refractivity contribution in [3.8, 4) is 23.0 Å². The molecule has 0 unspecified atom stereocenters. The summed E-state index contributed by atoms with van der Waals surface area (Å²) in [5.41, 5.74) is 11.2. The Kier molecular flexibility index (Phi) is 6.26. The highest BCUT2D eigenvalue weighted by Gasteiger charge is 2.56. The second-order valence-corrected chi connectivity index (χ2v) is 18.4. The van der Waals surface area contributed by atoms with Crippen molar-refractivity contribution in [1.82, 2.24) is 0 Å². The van der Waals surface area contributed by atoms with Gasteiger partial charge in [0.2, 0.25) is 6.71 Å². The van der Waals surface area contributed by atoms with Crippen molar-refractivity contribution in [1.29, 1.82) is 0 Å². The lowest BCUT2D eigenvalue weighted by Gasteiger charge is -2.48. The average Bonchev–Trinajstić information content (AvgIpc) is 3.24. The van der Waals surface area contributed by atoms with E-state index in [-0.39, 0.29) is 13.4 Å². The van der Waals surface area contributed by atoms with Crippen LogP contribution in [0, 0.1) is 0 Å². The molecule has 6 heteroatoms. The molecule has 0 saturated heterocycles. The average molecular weight is 703 g/mol. The molecule has 0 aliphatic carbocycles. The van der Waals surface area contributed by atoms with Crippen molar-refractivity contribution in [3.05, 3.63) is 188 Å². The third kappa shape index (κ3) is 3.93. The normalized spacial score (nSPS) is 14.6. The molecule has 4 aliphatic rings. The topological polar surface area (TPSA) is 21.7 Å². The largest absolute Gasteiger partial charge is 0.458 e. The van der Waals surface area contributed by atoms with Crippen LogP contribution in [-0.2, 0) is 0 Å². The summed E-state index contributed by atoms with van der Waals surface area (Å²) in [5.74, 6) is 3.66. The van der Waals surface area contributed by atoms with Gasteiger partial charge in [-0.15, -0.1) is 0 Å². The lowest BCUT2D eigenvalue weighted by atomic mass is 9.35. The Morgan fingerprint density at radius 3 is 1.41 bits per heavy atom. The molecule has 12 rings (SSSR count). The molecular formula is C48H31B2NO2Si. The lowest BCUT2D eigenvalue weighted by Crippen LogP contribution is -2.93. The Morgan fingerprint density at radius 1 is 0.352 bits per heavy atom. The van der Waals surface area contributed by atoms with E-state index in [9.17, 15) is 0 Å². The third-order valence-electron chi connectivity index (χ3n) is 12.2. The molecule has 0 N–H and O–H groups in total. The number of nitrogens with zero attached hydrogens (tertiary/aromatic N) is 1. The molecule has 0 radical (unpaired) electrons. The van der Waals surface area contributed by atoms with Crippen LogP contribution in [0.4, 0.5) is 17.1 Å². The Hall–Kier alpha value is -6.49. The maximum Gasteiger partial charge on any atom is 0.250 e. The zero-order valence-electron chi connectivity index (χ0n) is 29.3. The Morgan fingerprint density at radius 2 is 0.796 bits per heavy atom. The molecule has 8 aromatic rings. The smallest absolute Gasteiger partial charge is 0.250 e. The second kappa shape index (κ2) is 11.3. The van der Waals surface area contributed by atoms with Crippen LogP contribution in [0.2, 0.25) is 0 Å². The first-order chi connectivity index (χ1) is 26.8. The predicted molar refractivity (Wildman–Crippen MR) is 227 cm³/mol. The minimum Gasteiger partial charge on any atom is -0.458 e. The molecule has 1 spiro atoms. The van der Waals surface area contributed by atoms with Crippen LogP contribution in [0.5, 0.6) is 23.0 Å². The van der Waals surface area contributed by atoms with Crippen molar-refractivity contribution in [2.24, 2.45) is 0 Å². The molecule has 4 heterocycles. The van der Waals surface area contributed by atoms with Gasteiger partial charge in [0.25, 0.3) is 6.71 Å². The molecule has 0 bridgehead atoms. The Bertz CT molecular complexity index is 2740. The SMILES string of the molecule is c1ccc2c(c1)Oc1cccc3c1B2c1ccccc1[Si]31c2ccccc2B(c2ccc(N3c4ccccc4Oc4ccccc43)cc2)c2ccccc21. The van der Waals surface area contributed by atoms with E-state index in [0.717, 1.165) is 40.1 Å². The molecule has 54 heavy (non-hydrogen) atoms. The number of hydrogen-bond donors (Lipinski definition) is 0. The van der Waals surface area contributed by atoms with Gasteiger partial charge in [0.15, 0.2) is 19.6 Å². The van der Waals surface area contributed by atoms with Gasteiger partial charge in [0, 0.05) is 5.69 Å². The predicted octanol–water partition coefficient (Wildman–Crippen LogP) is 4.40. The van der Waals surface area contributed by atoms with Crippen LogP contribution in [0.3, 0.4) is 0 Å². The van der Waals surface area contributed by atoms with Crippen LogP contribution in [0.15, 0.2) is 188 Å². The number of anilines is 3. The molecule has 0 saturated carbocycles. The number of hydrogen-bond acceptors (Lipinski definition) is 3. The van der Waals surface area contributed by atoms with Gasteiger partial charge in [-0.25, -0.2) is 0 Å². The van der Waals surface area contributed by atoms with Gasteiger partial charge in [-0.2, -0.15) is 0 Å². The number of benzene rings is 8. The fourth-order valence-corrected chi connectivity index (χ4v) is 15.9. The van der Waals surface area contributed by atoms with Gasteiger partial charge >= 0.3 is 0 Å². The third-order valence-corrected chi connectivity index (χ3v) is 17.2. The van der Waals surface area contributed by atoms with Crippen molar-refractivity contribution < 1.29 is 9.47 Å². The van der Waals surface area contributed by atoms with Crippen molar-refractivity contribution >= 4 is 92.1 Å². The van der Waals surface area contributed by atoms with E-state index < -0.39 is 8.07 Å². The summed E-state index contributed by atoms with van der Waals surface area (Å²) in [7, 11) is -2.82. The van der Waals surface area contributed by atoms with Gasteiger partial charge in [0.05, 0.1) is 11.4 Å². The minimum absolute atomic E-state index is 0.0789. The van der Waals surface area contributed by atoms with Crippen molar-refractivity contribution in [2.75, 3.05) is 4.90 Å². The Balaban J connectivity index is 1.07. The van der Waals surface area contributed by atoms with Gasteiger partial charge in [-0.1, -0.05) is 161 Å². The maximum atomic E-state index is 6.76. The fraction of sp³-hybridized carbons (Fsp3) is 0. The van der Waals surface area contributed by atoms with Crippen LogP contribution < -0.4 is 67.9 Å². The highest BCUT2D eigenvalue weighted by atomic mass is 28.3. The van der Waals surface area contributed by atoms with Crippen molar-refractivity contribution in [2.45, 2.75) is 0 Å². The molecular weight excluding hydrogens is 672 g/mol. The highest BCUT2D eigenvalue weighted by Crippen LogP contribution is 2.49. The van der Waals surface area contributed by atoms with E-state index in [1.807, 2.05) is 24.3 Å². The molecule has 250 valence electrons. The van der Waals surface area contributed by atoms with E-state index in [1.165, 1.54) is 53.5 Å². The number of fused-ring (bicyclic) bond motifs is 12. The molecule has 3 nitrogen and oxygen atoms in total. The summed E-state index contributed by atoms with van der Waals surface area (Å²) in [6.45, 7) is 0.200. The molecule has 4 aliphatic heterocycles. The maximum absolute atomic E-state index is 6.76. The Labute approximate surface area is 316 Å². The molecule has 0 fully saturated rings. The first-order valence-electron chi connectivity index (χ1n) is 18.7. The number of rotatable bonds is 2. The summed E-state index contributed by atoms with van der Waals surface area (Å²) in [5, 5.41) is 5.85. The first kappa shape index (κ1) is 30.0. The van der Waals surface area contributed by atoms with E-state index in [0.29, 0.717) is 0 Å².